The highest BCUT2D eigenvalue weighted by molar-refractivity contribution is 7.80. The zero-order valence-corrected chi connectivity index (χ0v) is 9.26. The quantitative estimate of drug-likeness (QED) is 0.368. The normalized spacial score (nSPS) is 10.0. The third-order valence-corrected chi connectivity index (χ3v) is 1.77. The largest absolute Gasteiger partial charge is 0.375 e. The molecule has 14 heavy (non-hydrogen) atoms. The smallest absolute Gasteiger partial charge is 0.243 e. The van der Waals surface area contributed by atoms with Gasteiger partial charge in [0.2, 0.25) is 5.91 Å². The van der Waals surface area contributed by atoms with Crippen LogP contribution in [0.5, 0.6) is 0 Å². The van der Waals surface area contributed by atoms with E-state index in [0.717, 1.165) is 0 Å². The first kappa shape index (κ1) is 13.1. The fourth-order valence-electron chi connectivity index (χ4n) is 0.702. The van der Waals surface area contributed by atoms with Gasteiger partial charge in [-0.2, -0.15) is 0 Å². The van der Waals surface area contributed by atoms with Gasteiger partial charge in [0, 0.05) is 21.3 Å². The lowest BCUT2D eigenvalue weighted by molar-refractivity contribution is -0.141. The molecule has 0 radical (unpaired) electrons. The molecule has 7 heteroatoms. The number of methoxy groups -OCH3 is 2. The Kier molecular flexibility index (Phi) is 6.09. The molecule has 0 aromatic rings. The van der Waals surface area contributed by atoms with Crippen LogP contribution < -0.4 is 11.2 Å². The van der Waals surface area contributed by atoms with Crippen LogP contribution in [0.4, 0.5) is 0 Å². The number of rotatable bonds is 4. The van der Waals surface area contributed by atoms with Crippen LogP contribution in [0.1, 0.15) is 6.42 Å². The van der Waals surface area contributed by atoms with Gasteiger partial charge < -0.3 is 15.2 Å². The summed E-state index contributed by atoms with van der Waals surface area (Å²) in [4.78, 5) is 11.3. The zero-order chi connectivity index (χ0) is 11.1. The van der Waals surface area contributed by atoms with Crippen LogP contribution in [0.2, 0.25) is 0 Å². The van der Waals surface area contributed by atoms with E-state index in [1.54, 1.807) is 7.05 Å². The molecule has 6 nitrogen and oxygen atoms in total. The van der Waals surface area contributed by atoms with Gasteiger partial charge in [0.05, 0.1) is 6.42 Å². The van der Waals surface area contributed by atoms with Crippen LogP contribution in [0.15, 0.2) is 0 Å². The van der Waals surface area contributed by atoms with Crippen molar-refractivity contribution in [1.29, 1.82) is 0 Å². The van der Waals surface area contributed by atoms with Crippen LogP contribution in [0.3, 0.4) is 0 Å². The molecule has 0 rings (SSSR count). The standard InChI is InChI=1S/C7H15N3O3S/c1-10(7(8)14)9-5(11)4-6(12-2)13-3/h6H,4H2,1-3H3,(H2,8,14)(H,9,11). The maximum atomic E-state index is 11.3. The molecule has 0 aliphatic rings. The molecule has 0 unspecified atom stereocenters. The van der Waals surface area contributed by atoms with Gasteiger partial charge in [-0.25, -0.2) is 0 Å². The van der Waals surface area contributed by atoms with Crippen molar-refractivity contribution in [3.8, 4) is 0 Å². The lowest BCUT2D eigenvalue weighted by Crippen LogP contribution is -2.46. The Hall–Kier alpha value is -0.920. The Bertz CT molecular complexity index is 208. The fourth-order valence-corrected chi connectivity index (χ4v) is 0.748. The number of hydrazine groups is 1. The average Bonchev–Trinajstić information content (AvgIpc) is 2.13. The molecule has 0 saturated carbocycles. The number of hydrogen-bond donors (Lipinski definition) is 2. The minimum atomic E-state index is -0.560. The Labute approximate surface area is 88.3 Å². The van der Waals surface area contributed by atoms with Crippen molar-refractivity contribution in [2.24, 2.45) is 5.73 Å². The summed E-state index contributed by atoms with van der Waals surface area (Å²) >= 11 is 4.63. The molecule has 0 aromatic heterocycles. The van der Waals surface area contributed by atoms with Crippen LogP contribution in [0.25, 0.3) is 0 Å². The van der Waals surface area contributed by atoms with E-state index in [2.05, 4.69) is 17.6 Å². The predicted molar refractivity (Wildman–Crippen MR) is 55.1 cm³/mol. The van der Waals surface area contributed by atoms with Crippen molar-refractivity contribution in [3.05, 3.63) is 0 Å². The molecule has 0 saturated heterocycles. The molecule has 0 aliphatic carbocycles. The maximum absolute atomic E-state index is 11.3. The fraction of sp³-hybridized carbons (Fsp3) is 0.714. The van der Waals surface area contributed by atoms with Crippen LogP contribution in [-0.2, 0) is 14.3 Å². The Morgan fingerprint density at radius 3 is 2.43 bits per heavy atom. The molecule has 0 aromatic carbocycles. The van der Waals surface area contributed by atoms with Gasteiger partial charge in [0.25, 0.3) is 0 Å². The molecule has 0 aliphatic heterocycles. The number of ether oxygens (including phenoxy) is 2. The van der Waals surface area contributed by atoms with Crippen LogP contribution >= 0.6 is 12.2 Å². The van der Waals surface area contributed by atoms with E-state index in [1.165, 1.54) is 19.2 Å². The molecule has 3 N–H and O–H groups in total. The first-order valence-corrected chi connectivity index (χ1v) is 4.30. The summed E-state index contributed by atoms with van der Waals surface area (Å²) < 4.78 is 9.69. The maximum Gasteiger partial charge on any atom is 0.243 e. The number of nitrogens with one attached hydrogen (secondary N) is 1. The summed E-state index contributed by atoms with van der Waals surface area (Å²) in [7, 11) is 4.46. The van der Waals surface area contributed by atoms with Gasteiger partial charge >= 0.3 is 0 Å². The molecule has 0 heterocycles. The lowest BCUT2D eigenvalue weighted by atomic mass is 10.4. The summed E-state index contributed by atoms with van der Waals surface area (Å²) in [6.45, 7) is 0. The van der Waals surface area contributed by atoms with Gasteiger partial charge in [-0.15, -0.1) is 0 Å². The van der Waals surface area contributed by atoms with E-state index >= 15 is 0 Å². The van der Waals surface area contributed by atoms with E-state index in [1.807, 2.05) is 0 Å². The van der Waals surface area contributed by atoms with Gasteiger partial charge in [0.1, 0.15) is 0 Å². The third kappa shape index (κ3) is 4.95. The molecule has 0 fully saturated rings. The average molecular weight is 221 g/mol. The first-order valence-electron chi connectivity index (χ1n) is 3.89. The summed E-state index contributed by atoms with van der Waals surface area (Å²) in [5.41, 5.74) is 7.71. The Balaban J connectivity index is 3.91. The van der Waals surface area contributed by atoms with Crippen LogP contribution in [0, 0.1) is 0 Å². The van der Waals surface area contributed by atoms with E-state index in [4.69, 9.17) is 15.2 Å². The monoisotopic (exact) mass is 221 g/mol. The number of hydrogen-bond acceptors (Lipinski definition) is 4. The van der Waals surface area contributed by atoms with Gasteiger partial charge in [-0.05, 0) is 12.2 Å². The zero-order valence-electron chi connectivity index (χ0n) is 8.44. The highest BCUT2D eigenvalue weighted by atomic mass is 32.1. The van der Waals surface area contributed by atoms with Crippen molar-refractivity contribution < 1.29 is 14.3 Å². The van der Waals surface area contributed by atoms with Crippen molar-refractivity contribution in [2.45, 2.75) is 12.7 Å². The molecule has 0 bridgehead atoms. The van der Waals surface area contributed by atoms with Gasteiger partial charge in [0.15, 0.2) is 11.4 Å². The summed E-state index contributed by atoms with van der Waals surface area (Å²) in [6, 6.07) is 0. The number of thiocarbonyl (C=S) groups is 1. The lowest BCUT2D eigenvalue weighted by Gasteiger charge is -2.19. The number of nitrogens with two attached hydrogens (primary N) is 1. The van der Waals surface area contributed by atoms with E-state index in [0.29, 0.717) is 0 Å². The molecular weight excluding hydrogens is 206 g/mol. The van der Waals surface area contributed by atoms with Crippen molar-refractivity contribution >= 4 is 23.2 Å². The number of amides is 1. The van der Waals surface area contributed by atoms with Crippen LogP contribution in [-0.4, -0.2) is 43.6 Å². The third-order valence-electron chi connectivity index (χ3n) is 1.50. The van der Waals surface area contributed by atoms with Crippen molar-refractivity contribution in [3.63, 3.8) is 0 Å². The number of carbonyl (C=O) groups is 1. The minimum absolute atomic E-state index is 0.0833. The highest BCUT2D eigenvalue weighted by Crippen LogP contribution is 1.97. The Morgan fingerprint density at radius 1 is 1.57 bits per heavy atom. The molecular formula is C7H15N3O3S. The molecule has 0 spiro atoms. The minimum Gasteiger partial charge on any atom is -0.375 e. The second kappa shape index (κ2) is 6.52. The van der Waals surface area contributed by atoms with Gasteiger partial charge in [-0.3, -0.25) is 15.2 Å². The van der Waals surface area contributed by atoms with E-state index < -0.39 is 6.29 Å². The number of nitrogens with zero attached hydrogens (tertiary/aromatic N) is 1. The van der Waals surface area contributed by atoms with Gasteiger partial charge in [-0.1, -0.05) is 0 Å². The summed E-state index contributed by atoms with van der Waals surface area (Å²) in [5.74, 6) is -0.283. The first-order chi connectivity index (χ1) is 6.51. The topological polar surface area (TPSA) is 76.8 Å². The molecule has 0 atom stereocenters. The second-order valence-electron chi connectivity index (χ2n) is 2.54. The molecule has 1 amide bonds. The Morgan fingerprint density at radius 2 is 2.07 bits per heavy atom. The van der Waals surface area contributed by atoms with Crippen molar-refractivity contribution in [1.82, 2.24) is 10.4 Å². The molecule has 82 valence electrons. The summed E-state index contributed by atoms with van der Waals surface area (Å²) in [5, 5.41) is 1.34. The highest BCUT2D eigenvalue weighted by Gasteiger charge is 2.13. The second-order valence-corrected chi connectivity index (χ2v) is 2.96. The van der Waals surface area contributed by atoms with E-state index in [-0.39, 0.29) is 17.4 Å². The SMILES string of the molecule is COC(CC(=O)NN(C)C(N)=S)OC. The van der Waals surface area contributed by atoms with E-state index in [9.17, 15) is 4.79 Å². The summed E-state index contributed by atoms with van der Waals surface area (Å²) in [6.07, 6.45) is -0.477. The number of carbonyl (C=O) groups excluding carboxylic acids is 1. The predicted octanol–water partition coefficient (Wildman–Crippen LogP) is -0.798. The van der Waals surface area contributed by atoms with Crippen molar-refractivity contribution in [2.75, 3.05) is 21.3 Å².